The monoisotopic (exact) mass is 178 g/mol. The van der Waals surface area contributed by atoms with Crippen LogP contribution in [0.4, 0.5) is 0 Å². The fourth-order valence-corrected chi connectivity index (χ4v) is 1.13. The van der Waals surface area contributed by atoms with Crippen molar-refractivity contribution < 1.29 is 9.84 Å². The van der Waals surface area contributed by atoms with Crippen molar-refractivity contribution in [2.75, 3.05) is 6.61 Å². The zero-order valence-electron chi connectivity index (χ0n) is 7.95. The lowest BCUT2D eigenvalue weighted by Gasteiger charge is -2.06. The summed E-state index contributed by atoms with van der Waals surface area (Å²) < 4.78 is 5.38. The summed E-state index contributed by atoms with van der Waals surface area (Å²) >= 11 is 0. The molecule has 1 aromatic rings. The summed E-state index contributed by atoms with van der Waals surface area (Å²) in [4.78, 5) is 0. The Bertz CT molecular complexity index is 303. The van der Waals surface area contributed by atoms with Gasteiger partial charge in [0.25, 0.3) is 0 Å². The van der Waals surface area contributed by atoms with E-state index in [9.17, 15) is 5.11 Å². The fourth-order valence-electron chi connectivity index (χ4n) is 1.13. The van der Waals surface area contributed by atoms with Crippen LogP contribution in [0.2, 0.25) is 0 Å². The van der Waals surface area contributed by atoms with Gasteiger partial charge in [-0.1, -0.05) is 12.2 Å². The van der Waals surface area contributed by atoms with Crippen LogP contribution < -0.4 is 4.74 Å². The highest BCUT2D eigenvalue weighted by atomic mass is 16.5. The summed E-state index contributed by atoms with van der Waals surface area (Å²) in [6, 6.07) is 5.08. The molecule has 2 heteroatoms. The minimum atomic E-state index is 0.261. The molecule has 70 valence electrons. The molecule has 0 saturated carbocycles. The van der Waals surface area contributed by atoms with Gasteiger partial charge in [-0.2, -0.15) is 0 Å². The number of allylic oxidation sites excluding steroid dienone is 1. The number of phenols is 1. The van der Waals surface area contributed by atoms with Crippen molar-refractivity contribution in [3.05, 3.63) is 29.8 Å². The predicted octanol–water partition coefficient (Wildman–Crippen LogP) is 2.82. The second-order valence-corrected chi connectivity index (χ2v) is 2.66. The van der Waals surface area contributed by atoms with Gasteiger partial charge in [0.2, 0.25) is 0 Å². The van der Waals surface area contributed by atoms with Crippen molar-refractivity contribution in [1.29, 1.82) is 0 Å². The van der Waals surface area contributed by atoms with Gasteiger partial charge in [0, 0.05) is 5.56 Å². The molecular formula is C11H14O2. The van der Waals surface area contributed by atoms with Gasteiger partial charge < -0.3 is 9.84 Å². The van der Waals surface area contributed by atoms with E-state index in [-0.39, 0.29) is 5.75 Å². The summed E-state index contributed by atoms with van der Waals surface area (Å²) in [6.07, 6.45) is 3.82. The molecule has 0 amide bonds. The Labute approximate surface area is 78.5 Å². The van der Waals surface area contributed by atoms with E-state index in [1.807, 2.05) is 26.0 Å². The van der Waals surface area contributed by atoms with E-state index >= 15 is 0 Å². The minimum Gasteiger partial charge on any atom is -0.508 e. The van der Waals surface area contributed by atoms with Crippen molar-refractivity contribution in [3.63, 3.8) is 0 Å². The molecule has 0 saturated heterocycles. The molecule has 1 aromatic carbocycles. The van der Waals surface area contributed by atoms with Crippen LogP contribution in [-0.2, 0) is 0 Å². The first-order valence-corrected chi connectivity index (χ1v) is 4.36. The highest BCUT2D eigenvalue weighted by molar-refractivity contribution is 5.59. The first kappa shape index (κ1) is 9.65. The van der Waals surface area contributed by atoms with E-state index in [0.29, 0.717) is 6.61 Å². The molecule has 0 bridgehead atoms. The largest absolute Gasteiger partial charge is 0.508 e. The number of hydrogen-bond acceptors (Lipinski definition) is 2. The van der Waals surface area contributed by atoms with Crippen LogP contribution in [0.1, 0.15) is 19.4 Å². The SMILES string of the molecule is CC=Cc1cc(O)ccc1OCC. The predicted molar refractivity (Wildman–Crippen MR) is 54.0 cm³/mol. The maximum atomic E-state index is 9.24. The van der Waals surface area contributed by atoms with Crippen LogP contribution in [0, 0.1) is 0 Å². The molecule has 0 aliphatic rings. The molecule has 0 radical (unpaired) electrons. The zero-order chi connectivity index (χ0) is 9.68. The van der Waals surface area contributed by atoms with E-state index in [1.54, 1.807) is 18.2 Å². The van der Waals surface area contributed by atoms with Crippen molar-refractivity contribution >= 4 is 6.08 Å². The molecule has 1 N–H and O–H groups in total. The molecule has 0 spiro atoms. The Balaban J connectivity index is 3.03. The number of hydrogen-bond donors (Lipinski definition) is 1. The lowest BCUT2D eigenvalue weighted by molar-refractivity contribution is 0.338. The smallest absolute Gasteiger partial charge is 0.126 e. The molecule has 1 rings (SSSR count). The maximum absolute atomic E-state index is 9.24. The van der Waals surface area contributed by atoms with Crippen LogP contribution in [0.3, 0.4) is 0 Å². The minimum absolute atomic E-state index is 0.261. The fraction of sp³-hybridized carbons (Fsp3) is 0.273. The highest BCUT2D eigenvalue weighted by Crippen LogP contribution is 2.24. The summed E-state index contributed by atoms with van der Waals surface area (Å²) in [5.74, 6) is 1.06. The second-order valence-electron chi connectivity index (χ2n) is 2.66. The van der Waals surface area contributed by atoms with Crippen molar-refractivity contribution in [2.24, 2.45) is 0 Å². The van der Waals surface area contributed by atoms with E-state index in [4.69, 9.17) is 4.74 Å². The third-order valence-electron chi connectivity index (χ3n) is 1.64. The Hall–Kier alpha value is -1.44. The number of rotatable bonds is 3. The van der Waals surface area contributed by atoms with E-state index in [1.165, 1.54) is 0 Å². The van der Waals surface area contributed by atoms with Gasteiger partial charge in [0.15, 0.2) is 0 Å². The molecule has 0 fully saturated rings. The average Bonchev–Trinajstić information content (AvgIpc) is 2.10. The molecule has 0 aromatic heterocycles. The first-order valence-electron chi connectivity index (χ1n) is 4.36. The highest BCUT2D eigenvalue weighted by Gasteiger charge is 2.00. The van der Waals surface area contributed by atoms with E-state index in [0.717, 1.165) is 11.3 Å². The molecule has 13 heavy (non-hydrogen) atoms. The molecule has 0 heterocycles. The molecule has 0 unspecified atom stereocenters. The number of ether oxygens (including phenoxy) is 1. The van der Waals surface area contributed by atoms with Crippen molar-refractivity contribution in [3.8, 4) is 11.5 Å². The Kier molecular flexibility index (Phi) is 3.38. The van der Waals surface area contributed by atoms with Crippen LogP contribution in [-0.4, -0.2) is 11.7 Å². The third kappa shape index (κ3) is 2.51. The van der Waals surface area contributed by atoms with Gasteiger partial charge in [-0.15, -0.1) is 0 Å². The average molecular weight is 178 g/mol. The molecule has 0 aliphatic carbocycles. The number of aromatic hydroxyl groups is 1. The van der Waals surface area contributed by atoms with Crippen LogP contribution in [0.25, 0.3) is 6.08 Å². The van der Waals surface area contributed by atoms with Gasteiger partial charge in [0.05, 0.1) is 6.61 Å². The topological polar surface area (TPSA) is 29.5 Å². The van der Waals surface area contributed by atoms with Gasteiger partial charge in [-0.25, -0.2) is 0 Å². The summed E-state index contributed by atoms with van der Waals surface area (Å²) in [5, 5.41) is 9.24. The lowest BCUT2D eigenvalue weighted by Crippen LogP contribution is -1.93. The molecule has 2 nitrogen and oxygen atoms in total. The Morgan fingerprint density at radius 3 is 2.85 bits per heavy atom. The maximum Gasteiger partial charge on any atom is 0.126 e. The molecule has 0 atom stereocenters. The van der Waals surface area contributed by atoms with Crippen LogP contribution in [0.15, 0.2) is 24.3 Å². The standard InChI is InChI=1S/C11H14O2/c1-3-5-9-8-10(12)6-7-11(9)13-4-2/h3,5-8,12H,4H2,1-2H3. The third-order valence-corrected chi connectivity index (χ3v) is 1.64. The number of benzene rings is 1. The van der Waals surface area contributed by atoms with Gasteiger partial charge in [-0.05, 0) is 32.0 Å². The Morgan fingerprint density at radius 1 is 1.46 bits per heavy atom. The summed E-state index contributed by atoms with van der Waals surface area (Å²) in [7, 11) is 0. The Morgan fingerprint density at radius 2 is 2.23 bits per heavy atom. The van der Waals surface area contributed by atoms with E-state index < -0.39 is 0 Å². The second kappa shape index (κ2) is 4.55. The van der Waals surface area contributed by atoms with Gasteiger partial charge in [0.1, 0.15) is 11.5 Å². The number of phenolic OH excluding ortho intramolecular Hbond substituents is 1. The lowest BCUT2D eigenvalue weighted by atomic mass is 10.2. The summed E-state index contributed by atoms with van der Waals surface area (Å²) in [5.41, 5.74) is 0.907. The first-order chi connectivity index (χ1) is 6.27. The van der Waals surface area contributed by atoms with Crippen molar-refractivity contribution in [2.45, 2.75) is 13.8 Å². The normalized spacial score (nSPS) is 10.6. The molecular weight excluding hydrogens is 164 g/mol. The van der Waals surface area contributed by atoms with Gasteiger partial charge in [-0.3, -0.25) is 0 Å². The van der Waals surface area contributed by atoms with Crippen LogP contribution in [0.5, 0.6) is 11.5 Å². The van der Waals surface area contributed by atoms with E-state index in [2.05, 4.69) is 0 Å². The quantitative estimate of drug-likeness (QED) is 0.771. The zero-order valence-corrected chi connectivity index (χ0v) is 7.95. The molecule has 0 aliphatic heterocycles. The van der Waals surface area contributed by atoms with Gasteiger partial charge >= 0.3 is 0 Å². The summed E-state index contributed by atoms with van der Waals surface area (Å²) in [6.45, 7) is 4.50. The van der Waals surface area contributed by atoms with Crippen LogP contribution >= 0.6 is 0 Å². The van der Waals surface area contributed by atoms with Crippen molar-refractivity contribution in [1.82, 2.24) is 0 Å².